The number of rotatable bonds is 3. The lowest BCUT2D eigenvalue weighted by Gasteiger charge is -2.31. The normalized spacial score (nSPS) is 17.5. The van der Waals surface area contributed by atoms with E-state index in [0.717, 1.165) is 44.6 Å². The van der Waals surface area contributed by atoms with Crippen molar-refractivity contribution in [2.24, 2.45) is 11.7 Å². The highest BCUT2D eigenvalue weighted by atomic mass is 35.5. The van der Waals surface area contributed by atoms with Gasteiger partial charge in [0.1, 0.15) is 5.82 Å². The van der Waals surface area contributed by atoms with Crippen LogP contribution in [0.3, 0.4) is 0 Å². The molecular formula is C13H19Cl2FN2. The predicted molar refractivity (Wildman–Crippen MR) is 75.7 cm³/mol. The van der Waals surface area contributed by atoms with Crippen LogP contribution in [0.25, 0.3) is 0 Å². The minimum atomic E-state index is -0.221. The summed E-state index contributed by atoms with van der Waals surface area (Å²) in [7, 11) is 0. The number of piperidine rings is 1. The Morgan fingerprint density at radius 3 is 2.61 bits per heavy atom. The molecule has 18 heavy (non-hydrogen) atoms. The van der Waals surface area contributed by atoms with Crippen molar-refractivity contribution in [2.75, 3.05) is 19.6 Å². The Bertz CT molecular complexity index is 379. The first-order valence-electron chi connectivity index (χ1n) is 6.05. The fraction of sp³-hybridized carbons (Fsp3) is 0.538. The van der Waals surface area contributed by atoms with Crippen molar-refractivity contribution in [3.63, 3.8) is 0 Å². The molecule has 0 atom stereocenters. The van der Waals surface area contributed by atoms with E-state index in [4.69, 9.17) is 17.3 Å². The van der Waals surface area contributed by atoms with Crippen molar-refractivity contribution in [2.45, 2.75) is 19.4 Å². The first-order valence-corrected chi connectivity index (χ1v) is 6.43. The largest absolute Gasteiger partial charge is 0.330 e. The Morgan fingerprint density at radius 1 is 1.33 bits per heavy atom. The van der Waals surface area contributed by atoms with E-state index in [2.05, 4.69) is 4.90 Å². The maximum absolute atomic E-state index is 13.1. The van der Waals surface area contributed by atoms with Crippen LogP contribution in [0.4, 0.5) is 4.39 Å². The molecule has 0 radical (unpaired) electrons. The average molecular weight is 293 g/mol. The van der Waals surface area contributed by atoms with Crippen LogP contribution in [0.2, 0.25) is 5.02 Å². The Balaban J connectivity index is 0.00000162. The lowest BCUT2D eigenvalue weighted by molar-refractivity contribution is 0.180. The second-order valence-corrected chi connectivity index (χ2v) is 5.10. The molecule has 2 nitrogen and oxygen atoms in total. The highest BCUT2D eigenvalue weighted by molar-refractivity contribution is 6.31. The summed E-state index contributed by atoms with van der Waals surface area (Å²) in [6.45, 7) is 3.55. The van der Waals surface area contributed by atoms with E-state index in [1.165, 1.54) is 12.1 Å². The highest BCUT2D eigenvalue weighted by Gasteiger charge is 2.18. The van der Waals surface area contributed by atoms with Gasteiger partial charge in [-0.15, -0.1) is 12.4 Å². The molecule has 0 aliphatic carbocycles. The first-order chi connectivity index (χ1) is 8.19. The number of likely N-dealkylation sites (tertiary alicyclic amines) is 1. The Kier molecular flexibility index (Phi) is 6.36. The molecule has 1 fully saturated rings. The molecule has 1 aliphatic heterocycles. The molecular weight excluding hydrogens is 274 g/mol. The molecule has 0 spiro atoms. The summed E-state index contributed by atoms with van der Waals surface area (Å²) in [5.41, 5.74) is 6.53. The molecule has 1 aromatic carbocycles. The minimum absolute atomic E-state index is 0. The van der Waals surface area contributed by atoms with Gasteiger partial charge in [-0.3, -0.25) is 4.90 Å². The second-order valence-electron chi connectivity index (χ2n) is 4.69. The van der Waals surface area contributed by atoms with Crippen LogP contribution in [0.5, 0.6) is 0 Å². The van der Waals surface area contributed by atoms with E-state index >= 15 is 0 Å². The zero-order chi connectivity index (χ0) is 12.3. The summed E-state index contributed by atoms with van der Waals surface area (Å²) >= 11 is 6.06. The number of nitrogens with two attached hydrogens (primary N) is 1. The maximum Gasteiger partial charge on any atom is 0.123 e. The van der Waals surface area contributed by atoms with Gasteiger partial charge in [-0.1, -0.05) is 11.6 Å². The van der Waals surface area contributed by atoms with Gasteiger partial charge in [0, 0.05) is 11.6 Å². The van der Waals surface area contributed by atoms with Gasteiger partial charge in [0.05, 0.1) is 0 Å². The molecule has 0 bridgehead atoms. The lowest BCUT2D eigenvalue weighted by atomic mass is 9.97. The van der Waals surface area contributed by atoms with Gasteiger partial charge < -0.3 is 5.73 Å². The number of hydrogen-bond acceptors (Lipinski definition) is 2. The molecule has 0 amide bonds. The van der Waals surface area contributed by atoms with Crippen LogP contribution in [-0.2, 0) is 6.54 Å². The fourth-order valence-electron chi connectivity index (χ4n) is 2.29. The summed E-state index contributed by atoms with van der Waals surface area (Å²) < 4.78 is 13.1. The summed E-state index contributed by atoms with van der Waals surface area (Å²) in [6.07, 6.45) is 2.26. The smallest absolute Gasteiger partial charge is 0.123 e. The molecule has 1 aliphatic rings. The topological polar surface area (TPSA) is 29.3 Å². The quantitative estimate of drug-likeness (QED) is 0.928. The molecule has 1 saturated heterocycles. The van der Waals surface area contributed by atoms with Crippen LogP contribution < -0.4 is 5.73 Å². The van der Waals surface area contributed by atoms with Gasteiger partial charge in [-0.2, -0.15) is 0 Å². The predicted octanol–water partition coefficient (Wildman–Crippen LogP) is 3.07. The molecule has 0 saturated carbocycles. The van der Waals surface area contributed by atoms with E-state index in [9.17, 15) is 4.39 Å². The van der Waals surface area contributed by atoms with Crippen molar-refractivity contribution < 1.29 is 4.39 Å². The average Bonchev–Trinajstić information content (AvgIpc) is 2.35. The third kappa shape index (κ3) is 4.09. The molecule has 5 heteroatoms. The summed E-state index contributed by atoms with van der Waals surface area (Å²) in [4.78, 5) is 2.31. The Morgan fingerprint density at radius 2 is 2.00 bits per heavy atom. The van der Waals surface area contributed by atoms with Gasteiger partial charge in [-0.25, -0.2) is 4.39 Å². The van der Waals surface area contributed by atoms with Crippen molar-refractivity contribution in [3.05, 3.63) is 34.6 Å². The minimum Gasteiger partial charge on any atom is -0.330 e. The van der Waals surface area contributed by atoms with E-state index in [0.29, 0.717) is 10.9 Å². The van der Waals surface area contributed by atoms with Gasteiger partial charge in [-0.05, 0) is 62.2 Å². The van der Waals surface area contributed by atoms with Crippen molar-refractivity contribution in [3.8, 4) is 0 Å². The molecule has 2 N–H and O–H groups in total. The van der Waals surface area contributed by atoms with Crippen molar-refractivity contribution in [1.29, 1.82) is 0 Å². The van der Waals surface area contributed by atoms with E-state index < -0.39 is 0 Å². The number of hydrogen-bond donors (Lipinski definition) is 1. The second kappa shape index (κ2) is 7.29. The SMILES string of the molecule is Cl.NCC1CCN(Cc2cc(F)ccc2Cl)CC1. The summed E-state index contributed by atoms with van der Waals surface area (Å²) in [5.74, 6) is 0.426. The molecule has 2 rings (SSSR count). The van der Waals surface area contributed by atoms with Crippen LogP contribution in [-0.4, -0.2) is 24.5 Å². The molecule has 1 aromatic rings. The zero-order valence-electron chi connectivity index (χ0n) is 10.2. The van der Waals surface area contributed by atoms with E-state index in [1.807, 2.05) is 0 Å². The Hall–Kier alpha value is -0.350. The van der Waals surface area contributed by atoms with Gasteiger partial charge in [0.2, 0.25) is 0 Å². The van der Waals surface area contributed by atoms with Gasteiger partial charge >= 0.3 is 0 Å². The third-order valence-electron chi connectivity index (χ3n) is 3.44. The standard InChI is InChI=1S/C13H18ClFN2.ClH/c14-13-2-1-12(15)7-11(13)9-17-5-3-10(8-16)4-6-17;/h1-2,7,10H,3-6,8-9,16H2;1H. The van der Waals surface area contributed by atoms with Gasteiger partial charge in [0.25, 0.3) is 0 Å². The molecule has 1 heterocycles. The monoisotopic (exact) mass is 292 g/mol. The van der Waals surface area contributed by atoms with Gasteiger partial charge in [0.15, 0.2) is 0 Å². The van der Waals surface area contributed by atoms with Crippen molar-refractivity contribution in [1.82, 2.24) is 4.90 Å². The number of benzene rings is 1. The molecule has 0 unspecified atom stereocenters. The Labute approximate surface area is 119 Å². The number of halogens is 3. The van der Waals surface area contributed by atoms with Crippen LogP contribution in [0.1, 0.15) is 18.4 Å². The van der Waals surface area contributed by atoms with Crippen LogP contribution >= 0.6 is 24.0 Å². The number of nitrogens with zero attached hydrogens (tertiary/aromatic N) is 1. The van der Waals surface area contributed by atoms with E-state index in [-0.39, 0.29) is 18.2 Å². The lowest BCUT2D eigenvalue weighted by Crippen LogP contribution is -2.35. The van der Waals surface area contributed by atoms with Crippen LogP contribution in [0, 0.1) is 11.7 Å². The maximum atomic E-state index is 13.1. The first kappa shape index (κ1) is 15.7. The zero-order valence-corrected chi connectivity index (χ0v) is 11.8. The fourth-order valence-corrected chi connectivity index (χ4v) is 2.46. The summed E-state index contributed by atoms with van der Waals surface area (Å²) in [5, 5.41) is 0.646. The third-order valence-corrected chi connectivity index (χ3v) is 3.81. The van der Waals surface area contributed by atoms with Crippen LogP contribution in [0.15, 0.2) is 18.2 Å². The highest BCUT2D eigenvalue weighted by Crippen LogP contribution is 2.22. The van der Waals surface area contributed by atoms with Crippen molar-refractivity contribution >= 4 is 24.0 Å². The van der Waals surface area contributed by atoms with E-state index in [1.54, 1.807) is 6.07 Å². The molecule has 0 aromatic heterocycles. The molecule has 102 valence electrons. The summed E-state index contributed by atoms with van der Waals surface area (Å²) in [6, 6.07) is 4.54.